The number of benzene rings is 2. The summed E-state index contributed by atoms with van der Waals surface area (Å²) >= 11 is 0. The van der Waals surface area contributed by atoms with Gasteiger partial charge >= 0.3 is 6.18 Å². The van der Waals surface area contributed by atoms with Gasteiger partial charge in [-0.15, -0.1) is 0 Å². The van der Waals surface area contributed by atoms with Gasteiger partial charge in [-0.1, -0.05) is 48.2 Å². The van der Waals surface area contributed by atoms with Crippen molar-refractivity contribution in [2.75, 3.05) is 6.54 Å². The van der Waals surface area contributed by atoms with Crippen LogP contribution in [0.15, 0.2) is 54.6 Å². The summed E-state index contributed by atoms with van der Waals surface area (Å²) in [6.45, 7) is 2.43. The molecule has 1 nitrogen and oxygen atoms in total. The maximum atomic E-state index is 12.7. The van der Waals surface area contributed by atoms with Gasteiger partial charge in [0.1, 0.15) is 0 Å². The van der Waals surface area contributed by atoms with Crippen molar-refractivity contribution in [2.24, 2.45) is 0 Å². The third kappa shape index (κ3) is 5.80. The summed E-state index contributed by atoms with van der Waals surface area (Å²) in [7, 11) is 0. The lowest BCUT2D eigenvalue weighted by atomic mass is 10.0. The Morgan fingerprint density at radius 1 is 1.04 bits per heavy atom. The summed E-state index contributed by atoms with van der Waals surface area (Å²) in [5.74, 6) is 6.04. The predicted octanol–water partition coefficient (Wildman–Crippen LogP) is 4.28. The lowest BCUT2D eigenvalue weighted by Gasteiger charge is -2.13. The van der Waals surface area contributed by atoms with E-state index in [1.54, 1.807) is 6.07 Å². The lowest BCUT2D eigenvalue weighted by molar-refractivity contribution is -0.137. The van der Waals surface area contributed by atoms with Crippen LogP contribution in [0.25, 0.3) is 0 Å². The Labute approximate surface area is 134 Å². The molecule has 0 aromatic heterocycles. The quantitative estimate of drug-likeness (QED) is 0.830. The van der Waals surface area contributed by atoms with Crippen molar-refractivity contribution in [2.45, 2.75) is 25.6 Å². The molecule has 0 spiro atoms. The molecule has 0 fully saturated rings. The van der Waals surface area contributed by atoms with Crippen molar-refractivity contribution >= 4 is 0 Å². The van der Waals surface area contributed by atoms with Crippen molar-refractivity contribution in [3.63, 3.8) is 0 Å². The third-order valence-electron chi connectivity index (χ3n) is 3.34. The summed E-state index contributed by atoms with van der Waals surface area (Å²) in [6.07, 6.45) is -3.77. The van der Waals surface area contributed by atoms with Crippen LogP contribution in [0.4, 0.5) is 13.2 Å². The number of hydrogen-bond acceptors (Lipinski definition) is 1. The van der Waals surface area contributed by atoms with Crippen LogP contribution >= 0.6 is 0 Å². The summed E-state index contributed by atoms with van der Waals surface area (Å²) in [6, 6.07) is 15.1. The van der Waals surface area contributed by atoms with Crippen LogP contribution < -0.4 is 5.32 Å². The summed E-state index contributed by atoms with van der Waals surface area (Å²) in [5, 5.41) is 3.20. The Kier molecular flexibility index (Phi) is 5.84. The van der Waals surface area contributed by atoms with Gasteiger partial charge in [0.2, 0.25) is 0 Å². The SMILES string of the molecule is CC(Cc1cccc(C(F)(F)F)c1)NCC#Cc1ccccc1. The molecular formula is C19H18F3N. The minimum atomic E-state index is -4.30. The second kappa shape index (κ2) is 7.85. The molecule has 2 aromatic carbocycles. The van der Waals surface area contributed by atoms with Crippen molar-refractivity contribution in [3.05, 3.63) is 71.3 Å². The van der Waals surface area contributed by atoms with Gasteiger partial charge in [0.25, 0.3) is 0 Å². The zero-order valence-electron chi connectivity index (χ0n) is 12.8. The van der Waals surface area contributed by atoms with E-state index in [9.17, 15) is 13.2 Å². The molecule has 0 aliphatic rings. The Morgan fingerprint density at radius 2 is 1.78 bits per heavy atom. The highest BCUT2D eigenvalue weighted by Gasteiger charge is 2.30. The monoisotopic (exact) mass is 317 g/mol. The first kappa shape index (κ1) is 17.1. The predicted molar refractivity (Wildman–Crippen MR) is 85.9 cm³/mol. The highest BCUT2D eigenvalue weighted by molar-refractivity contribution is 5.33. The molecule has 1 atom stereocenters. The van der Waals surface area contributed by atoms with Crippen molar-refractivity contribution in [1.29, 1.82) is 0 Å². The Morgan fingerprint density at radius 3 is 2.48 bits per heavy atom. The summed E-state index contributed by atoms with van der Waals surface area (Å²) in [4.78, 5) is 0. The number of alkyl halides is 3. The van der Waals surface area contributed by atoms with Gasteiger partial charge < -0.3 is 5.32 Å². The van der Waals surface area contributed by atoms with E-state index in [1.165, 1.54) is 12.1 Å². The molecule has 2 rings (SSSR count). The van der Waals surface area contributed by atoms with Crippen molar-refractivity contribution in [1.82, 2.24) is 5.32 Å². The van der Waals surface area contributed by atoms with Crippen LogP contribution in [0.5, 0.6) is 0 Å². The molecule has 0 radical (unpaired) electrons. The minimum Gasteiger partial charge on any atom is -0.303 e. The lowest BCUT2D eigenvalue weighted by Crippen LogP contribution is -2.28. The van der Waals surface area contributed by atoms with E-state index >= 15 is 0 Å². The van der Waals surface area contributed by atoms with Crippen LogP contribution in [-0.4, -0.2) is 12.6 Å². The molecule has 0 aliphatic carbocycles. The van der Waals surface area contributed by atoms with Crippen LogP contribution in [0, 0.1) is 11.8 Å². The summed E-state index contributed by atoms with van der Waals surface area (Å²) in [5.41, 5.74) is 1.00. The van der Waals surface area contributed by atoms with Crippen LogP contribution in [0.2, 0.25) is 0 Å². The zero-order chi connectivity index (χ0) is 16.7. The van der Waals surface area contributed by atoms with Gasteiger partial charge in [0, 0.05) is 11.6 Å². The average Bonchev–Trinajstić information content (AvgIpc) is 2.52. The number of hydrogen-bond donors (Lipinski definition) is 1. The number of nitrogens with one attached hydrogen (secondary N) is 1. The highest BCUT2D eigenvalue weighted by atomic mass is 19.4. The molecule has 120 valence electrons. The average molecular weight is 317 g/mol. The fourth-order valence-corrected chi connectivity index (χ4v) is 2.19. The molecule has 0 aliphatic heterocycles. The molecule has 0 saturated carbocycles. The topological polar surface area (TPSA) is 12.0 Å². The van der Waals surface area contributed by atoms with Gasteiger partial charge in [-0.2, -0.15) is 13.2 Å². The van der Waals surface area contributed by atoms with Gasteiger partial charge in [-0.25, -0.2) is 0 Å². The first-order valence-electron chi connectivity index (χ1n) is 7.38. The molecule has 2 aromatic rings. The van der Waals surface area contributed by atoms with Crippen molar-refractivity contribution < 1.29 is 13.2 Å². The first-order valence-corrected chi connectivity index (χ1v) is 7.38. The maximum absolute atomic E-state index is 12.7. The molecule has 0 bridgehead atoms. The van der Waals surface area contributed by atoms with Crippen LogP contribution in [-0.2, 0) is 12.6 Å². The Balaban J connectivity index is 1.86. The minimum absolute atomic E-state index is 0.0450. The van der Waals surface area contributed by atoms with Crippen LogP contribution in [0.1, 0.15) is 23.6 Å². The normalized spacial score (nSPS) is 12.3. The fraction of sp³-hybridized carbons (Fsp3) is 0.263. The molecule has 1 unspecified atom stereocenters. The van der Waals surface area contributed by atoms with Gasteiger partial charge in [-0.05, 0) is 37.1 Å². The molecule has 4 heteroatoms. The molecule has 0 saturated heterocycles. The second-order valence-corrected chi connectivity index (χ2v) is 5.35. The smallest absolute Gasteiger partial charge is 0.303 e. The first-order chi connectivity index (χ1) is 10.9. The van der Waals surface area contributed by atoms with E-state index in [1.807, 2.05) is 37.3 Å². The van der Waals surface area contributed by atoms with Crippen LogP contribution in [0.3, 0.4) is 0 Å². The van der Waals surface area contributed by atoms with Crippen molar-refractivity contribution in [3.8, 4) is 11.8 Å². The molecule has 0 amide bonds. The number of rotatable bonds is 4. The van der Waals surface area contributed by atoms with E-state index < -0.39 is 11.7 Å². The standard InChI is InChI=1S/C19H18F3N/c1-15(23-12-6-10-16-7-3-2-4-8-16)13-17-9-5-11-18(14-17)19(20,21)22/h2-5,7-9,11,14-15,23H,12-13H2,1H3. The molecule has 1 N–H and O–H groups in total. The fourth-order valence-electron chi connectivity index (χ4n) is 2.19. The van der Waals surface area contributed by atoms with E-state index in [0.29, 0.717) is 18.5 Å². The molecular weight excluding hydrogens is 299 g/mol. The second-order valence-electron chi connectivity index (χ2n) is 5.35. The maximum Gasteiger partial charge on any atom is 0.416 e. The van der Waals surface area contributed by atoms with Gasteiger partial charge in [-0.3, -0.25) is 0 Å². The largest absolute Gasteiger partial charge is 0.416 e. The highest BCUT2D eigenvalue weighted by Crippen LogP contribution is 2.29. The number of halogens is 3. The molecule has 23 heavy (non-hydrogen) atoms. The molecule has 0 heterocycles. The van der Waals surface area contributed by atoms with E-state index in [0.717, 1.165) is 11.6 Å². The van der Waals surface area contributed by atoms with E-state index in [-0.39, 0.29) is 6.04 Å². The van der Waals surface area contributed by atoms with E-state index in [2.05, 4.69) is 17.2 Å². The Hall–Kier alpha value is -2.25. The van der Waals surface area contributed by atoms with Gasteiger partial charge in [0.15, 0.2) is 0 Å². The van der Waals surface area contributed by atoms with Gasteiger partial charge in [0.05, 0.1) is 12.1 Å². The third-order valence-corrected chi connectivity index (χ3v) is 3.34. The van der Waals surface area contributed by atoms with E-state index in [4.69, 9.17) is 0 Å². The zero-order valence-corrected chi connectivity index (χ0v) is 12.8. The Bertz CT molecular complexity index is 681. The summed E-state index contributed by atoms with van der Waals surface area (Å²) < 4.78 is 38.0.